The van der Waals surface area contributed by atoms with Crippen LogP contribution < -0.4 is 20.3 Å². The lowest BCUT2D eigenvalue weighted by Gasteiger charge is -2.40. The number of rotatable bonds is 9. The van der Waals surface area contributed by atoms with Gasteiger partial charge in [0.15, 0.2) is 26.6 Å². The molecule has 306 valence electrons. The van der Waals surface area contributed by atoms with Gasteiger partial charge in [-0.25, -0.2) is 24.1 Å². The number of likely N-dealkylation sites (tertiary alicyclic amines) is 2. The van der Waals surface area contributed by atoms with E-state index in [1.54, 1.807) is 4.90 Å². The summed E-state index contributed by atoms with van der Waals surface area (Å²) in [5, 5.41) is 16.6. The number of hydrogen-bond donors (Lipinski definition) is 3. The van der Waals surface area contributed by atoms with Gasteiger partial charge >= 0.3 is 6.09 Å². The van der Waals surface area contributed by atoms with Gasteiger partial charge in [-0.1, -0.05) is 20.8 Å². The molecule has 5 heterocycles. The number of carbonyl (C=O) groups is 3. The molecule has 1 aromatic carbocycles. The average Bonchev–Trinajstić information content (AvgIpc) is 3.79. The molecule has 5 aliphatic rings. The number of nitrogens with zero attached hydrogens (tertiary/aromatic N) is 5. The zero-order valence-electron chi connectivity index (χ0n) is 33.7. The predicted molar refractivity (Wildman–Crippen MR) is 208 cm³/mol. The SMILES string of the molecule is CC(C)(C)OC(O)N1CC[C@H](O[Si](C)(C)C(C)(C)C)[C@H]1C(=O)Nc1cc(F)c2c(c1)CC(CN1CCC3(CC1)CN(c1cnc4c(n1)NC(=O)CO4)C(=O)O3)C2. The van der Waals surface area contributed by atoms with Crippen LogP contribution in [0.2, 0.25) is 18.1 Å². The summed E-state index contributed by atoms with van der Waals surface area (Å²) in [6.07, 6.45) is 2.23. The van der Waals surface area contributed by atoms with E-state index in [0.717, 1.165) is 12.1 Å². The van der Waals surface area contributed by atoms with Crippen LogP contribution >= 0.6 is 0 Å². The maximum atomic E-state index is 15.7. The van der Waals surface area contributed by atoms with E-state index in [2.05, 4.69) is 59.4 Å². The van der Waals surface area contributed by atoms with E-state index in [-0.39, 0.29) is 52.7 Å². The van der Waals surface area contributed by atoms with Crippen molar-refractivity contribution in [1.29, 1.82) is 0 Å². The van der Waals surface area contributed by atoms with Gasteiger partial charge in [0, 0.05) is 44.7 Å². The normalized spacial score (nSPS) is 24.8. The van der Waals surface area contributed by atoms with Crippen molar-refractivity contribution in [2.75, 3.05) is 54.9 Å². The van der Waals surface area contributed by atoms with Crippen molar-refractivity contribution in [3.63, 3.8) is 0 Å². The molecule has 2 unspecified atom stereocenters. The maximum absolute atomic E-state index is 15.7. The van der Waals surface area contributed by atoms with Gasteiger partial charge in [-0.3, -0.25) is 14.5 Å². The number of piperidine rings is 1. The molecule has 7 rings (SSSR count). The molecule has 2 aromatic rings. The summed E-state index contributed by atoms with van der Waals surface area (Å²) in [5.74, 6) is -0.208. The molecule has 3 amide bonds. The predicted octanol–water partition coefficient (Wildman–Crippen LogP) is 4.65. The third kappa shape index (κ3) is 8.43. The number of nitrogens with one attached hydrogen (secondary N) is 2. The summed E-state index contributed by atoms with van der Waals surface area (Å²) in [4.78, 5) is 52.9. The van der Waals surface area contributed by atoms with Crippen molar-refractivity contribution in [3.8, 4) is 5.88 Å². The second kappa shape index (κ2) is 14.9. The first-order valence-corrected chi connectivity index (χ1v) is 22.5. The molecule has 4 aliphatic heterocycles. The van der Waals surface area contributed by atoms with Gasteiger partial charge in [-0.15, -0.1) is 0 Å². The molecule has 4 atom stereocenters. The first-order chi connectivity index (χ1) is 26.2. The smallest absolute Gasteiger partial charge is 0.416 e. The minimum Gasteiger partial charge on any atom is -0.465 e. The van der Waals surface area contributed by atoms with Crippen molar-refractivity contribution in [1.82, 2.24) is 19.8 Å². The fourth-order valence-corrected chi connectivity index (χ4v) is 9.52. The number of carbonyl (C=O) groups excluding carboxylic acids is 3. The van der Waals surface area contributed by atoms with E-state index in [4.69, 9.17) is 18.6 Å². The summed E-state index contributed by atoms with van der Waals surface area (Å²) in [6, 6.07) is 2.44. The molecule has 1 aromatic heterocycles. The molecule has 0 radical (unpaired) electrons. The Morgan fingerprint density at radius 1 is 1.14 bits per heavy atom. The van der Waals surface area contributed by atoms with Crippen LogP contribution in [0.25, 0.3) is 0 Å². The maximum Gasteiger partial charge on any atom is 0.416 e. The minimum absolute atomic E-state index is 0.0849. The molecular weight excluding hydrogens is 742 g/mol. The third-order valence-electron chi connectivity index (χ3n) is 12.1. The monoisotopic (exact) mass is 797 g/mol. The molecule has 56 heavy (non-hydrogen) atoms. The van der Waals surface area contributed by atoms with E-state index in [1.807, 2.05) is 26.8 Å². The van der Waals surface area contributed by atoms with Crippen LogP contribution in [0.4, 0.5) is 26.5 Å². The molecule has 3 saturated heterocycles. The van der Waals surface area contributed by atoms with Gasteiger partial charge in [-0.05, 0) is 87.3 Å². The van der Waals surface area contributed by atoms with E-state index in [0.29, 0.717) is 69.5 Å². The molecular formula is C39H56FN7O8Si. The molecule has 0 saturated carbocycles. The Morgan fingerprint density at radius 3 is 2.57 bits per heavy atom. The van der Waals surface area contributed by atoms with Crippen LogP contribution in [0.15, 0.2) is 18.3 Å². The Balaban J connectivity index is 0.969. The summed E-state index contributed by atoms with van der Waals surface area (Å²) in [7, 11) is -2.28. The molecule has 15 nitrogen and oxygen atoms in total. The van der Waals surface area contributed by atoms with Crippen LogP contribution in [-0.4, -0.2) is 120 Å². The molecule has 1 spiro atoms. The van der Waals surface area contributed by atoms with Crippen molar-refractivity contribution >= 4 is 43.5 Å². The Bertz CT molecular complexity index is 1860. The fraction of sp³-hybridized carbons (Fsp3) is 0.667. The molecule has 1 aliphatic carbocycles. The van der Waals surface area contributed by atoms with Gasteiger partial charge in [0.2, 0.25) is 12.3 Å². The standard InChI is InChI=1S/C39H56FN7O8Si/c1-37(2,3)53-35(50)46-12-9-28(55-56(7,8)38(4,5)6)31(46)33(49)42-25-17-24-15-23(16-26(24)27(40)18-25)20-45-13-10-39(11-14-45)22-47(36(51)54-39)29-19-41-34-32(43-29)44-30(48)21-52-34/h17-19,23,28,31,35,50H,9-16,20-22H2,1-8H3,(H,42,49)(H,43,44,48)/t23?,28-,31-,35?/m0/s1. The topological polar surface area (TPSA) is 168 Å². The van der Waals surface area contributed by atoms with Crippen LogP contribution in [0.5, 0.6) is 5.88 Å². The van der Waals surface area contributed by atoms with Gasteiger partial charge in [0.1, 0.15) is 17.5 Å². The fourth-order valence-electron chi connectivity index (χ4n) is 8.17. The zero-order valence-corrected chi connectivity index (χ0v) is 34.7. The Labute approximate surface area is 328 Å². The van der Waals surface area contributed by atoms with E-state index in [9.17, 15) is 19.5 Å². The second-order valence-corrected chi connectivity index (χ2v) is 23.2. The van der Waals surface area contributed by atoms with Crippen LogP contribution in [0.3, 0.4) is 0 Å². The Morgan fingerprint density at radius 2 is 1.88 bits per heavy atom. The first kappa shape index (κ1) is 40.5. The number of hydrogen-bond acceptors (Lipinski definition) is 12. The van der Waals surface area contributed by atoms with E-state index < -0.39 is 44.2 Å². The average molecular weight is 798 g/mol. The van der Waals surface area contributed by atoms with Crippen LogP contribution in [0, 0.1) is 11.7 Å². The molecule has 17 heteroatoms. The van der Waals surface area contributed by atoms with Gasteiger partial charge in [-0.2, -0.15) is 0 Å². The third-order valence-corrected chi connectivity index (χ3v) is 16.6. The highest BCUT2D eigenvalue weighted by Crippen LogP contribution is 2.41. The number of aliphatic hydroxyl groups is 1. The lowest BCUT2D eigenvalue weighted by atomic mass is 9.90. The highest BCUT2D eigenvalue weighted by Gasteiger charge is 2.50. The number of amides is 3. The summed E-state index contributed by atoms with van der Waals surface area (Å²) in [6.45, 7) is 19.0. The first-order valence-electron chi connectivity index (χ1n) is 19.6. The zero-order chi connectivity index (χ0) is 40.4. The Hall–Kier alpha value is -3.74. The summed E-state index contributed by atoms with van der Waals surface area (Å²) < 4.78 is 39.6. The lowest BCUT2D eigenvalue weighted by molar-refractivity contribution is -0.242. The summed E-state index contributed by atoms with van der Waals surface area (Å²) >= 11 is 0. The van der Waals surface area contributed by atoms with Crippen molar-refractivity contribution in [2.45, 2.75) is 122 Å². The summed E-state index contributed by atoms with van der Waals surface area (Å²) in [5.41, 5.74) is 0.615. The lowest BCUT2D eigenvalue weighted by Crippen LogP contribution is -2.55. The van der Waals surface area contributed by atoms with E-state index >= 15 is 4.39 Å². The number of fused-ring (bicyclic) bond motifs is 2. The highest BCUT2D eigenvalue weighted by atomic mass is 28.4. The van der Waals surface area contributed by atoms with Crippen LogP contribution in [0.1, 0.15) is 71.9 Å². The number of aliphatic hydroxyl groups excluding tert-OH is 1. The largest absolute Gasteiger partial charge is 0.465 e. The highest BCUT2D eigenvalue weighted by molar-refractivity contribution is 6.74. The van der Waals surface area contributed by atoms with Crippen molar-refractivity contribution in [3.05, 3.63) is 35.3 Å². The molecule has 3 fully saturated rings. The second-order valence-electron chi connectivity index (χ2n) is 18.5. The number of benzene rings is 1. The minimum atomic E-state index is -2.28. The number of anilines is 3. The Kier molecular flexibility index (Phi) is 10.8. The number of ether oxygens (including phenoxy) is 3. The number of aromatic nitrogens is 2. The van der Waals surface area contributed by atoms with Crippen molar-refractivity contribution < 1.29 is 42.5 Å². The molecule has 0 bridgehead atoms. The van der Waals surface area contributed by atoms with Crippen LogP contribution in [-0.2, 0) is 36.3 Å². The number of halogens is 1. The van der Waals surface area contributed by atoms with Gasteiger partial charge < -0.3 is 39.3 Å². The quantitative estimate of drug-likeness (QED) is 0.238. The van der Waals surface area contributed by atoms with Gasteiger partial charge in [0.25, 0.3) is 11.8 Å². The van der Waals surface area contributed by atoms with E-state index in [1.165, 1.54) is 17.2 Å². The van der Waals surface area contributed by atoms with Gasteiger partial charge in [0.05, 0.1) is 24.4 Å². The molecule has 3 N–H and O–H groups in total. The van der Waals surface area contributed by atoms with Crippen molar-refractivity contribution in [2.24, 2.45) is 5.92 Å².